The second-order valence-electron chi connectivity index (χ2n) is 2.78. The fraction of sp³-hybridized carbons (Fsp3) is 0.625. The molecule has 11 heavy (non-hydrogen) atoms. The van der Waals surface area contributed by atoms with E-state index in [0.717, 1.165) is 6.42 Å². The van der Waals surface area contributed by atoms with Gasteiger partial charge in [0.1, 0.15) is 6.10 Å². The normalized spacial score (nSPS) is 26.4. The Hall–Kier alpha value is -0.830. The smallest absolute Gasteiger partial charge is 0.330 e. The molecule has 62 valence electrons. The van der Waals surface area contributed by atoms with Crippen LogP contribution in [0.3, 0.4) is 0 Å². The van der Waals surface area contributed by atoms with Crippen LogP contribution in [0.2, 0.25) is 0 Å². The lowest BCUT2D eigenvalue weighted by atomic mass is 10.1. The Morgan fingerprint density at radius 2 is 2.64 bits per heavy atom. The Morgan fingerprint density at radius 3 is 3.18 bits per heavy atom. The summed E-state index contributed by atoms with van der Waals surface area (Å²) in [5.41, 5.74) is 0. The molecule has 0 saturated heterocycles. The molecule has 0 spiro atoms. The molecule has 3 heteroatoms. The minimum absolute atomic E-state index is 0.132. The molecule has 1 N–H and O–H groups in total. The third-order valence-electron chi connectivity index (χ3n) is 1.54. The molecule has 1 rings (SSSR count). The van der Waals surface area contributed by atoms with Crippen molar-refractivity contribution in [2.75, 3.05) is 0 Å². The summed E-state index contributed by atoms with van der Waals surface area (Å²) in [6.45, 7) is 1.69. The number of hydrogen-bond acceptors (Lipinski definition) is 3. The van der Waals surface area contributed by atoms with E-state index < -0.39 is 6.10 Å². The average Bonchev–Trinajstić information content (AvgIpc) is 1.85. The van der Waals surface area contributed by atoms with Crippen LogP contribution in [-0.4, -0.2) is 23.3 Å². The van der Waals surface area contributed by atoms with Crippen molar-refractivity contribution in [3.8, 4) is 0 Å². The zero-order chi connectivity index (χ0) is 8.27. The maximum atomic E-state index is 10.7. The molecule has 0 radical (unpaired) electrons. The van der Waals surface area contributed by atoms with Gasteiger partial charge in [-0.05, 0) is 6.92 Å². The predicted octanol–water partition coefficient (Wildman–Crippen LogP) is 0.629. The number of esters is 1. The van der Waals surface area contributed by atoms with E-state index in [1.165, 1.54) is 6.08 Å². The van der Waals surface area contributed by atoms with Crippen molar-refractivity contribution in [3.05, 3.63) is 12.2 Å². The second-order valence-corrected chi connectivity index (χ2v) is 2.78. The monoisotopic (exact) mass is 156 g/mol. The zero-order valence-corrected chi connectivity index (χ0v) is 6.49. The van der Waals surface area contributed by atoms with E-state index in [4.69, 9.17) is 9.84 Å². The van der Waals surface area contributed by atoms with Crippen molar-refractivity contribution in [2.45, 2.75) is 32.0 Å². The first-order valence-corrected chi connectivity index (χ1v) is 3.73. The summed E-state index contributed by atoms with van der Waals surface area (Å²) in [5.74, 6) is -0.304. The molecule has 0 aromatic heterocycles. The van der Waals surface area contributed by atoms with Gasteiger partial charge in [0.25, 0.3) is 0 Å². The number of ether oxygens (including phenoxy) is 1. The van der Waals surface area contributed by atoms with E-state index in [1.807, 2.05) is 0 Å². The van der Waals surface area contributed by atoms with Crippen molar-refractivity contribution in [1.82, 2.24) is 0 Å². The molecule has 0 unspecified atom stereocenters. The van der Waals surface area contributed by atoms with E-state index in [0.29, 0.717) is 6.42 Å². The lowest BCUT2D eigenvalue weighted by molar-refractivity contribution is -0.145. The molecule has 0 bridgehead atoms. The van der Waals surface area contributed by atoms with E-state index >= 15 is 0 Å². The summed E-state index contributed by atoms with van der Waals surface area (Å²) in [4.78, 5) is 10.7. The Morgan fingerprint density at radius 1 is 1.91 bits per heavy atom. The van der Waals surface area contributed by atoms with Crippen molar-refractivity contribution in [3.63, 3.8) is 0 Å². The number of rotatable bonds is 2. The van der Waals surface area contributed by atoms with Crippen LogP contribution in [0.5, 0.6) is 0 Å². The third-order valence-corrected chi connectivity index (χ3v) is 1.54. The first-order valence-electron chi connectivity index (χ1n) is 3.73. The highest BCUT2D eigenvalue weighted by Crippen LogP contribution is 2.12. The van der Waals surface area contributed by atoms with Crippen LogP contribution in [0.15, 0.2) is 12.2 Å². The molecule has 0 saturated carbocycles. The first-order chi connectivity index (χ1) is 5.18. The number of carbonyl (C=O) groups excluding carboxylic acids is 1. The average molecular weight is 156 g/mol. The fourth-order valence-electron chi connectivity index (χ4n) is 1.09. The van der Waals surface area contributed by atoms with Gasteiger partial charge in [-0.15, -0.1) is 0 Å². The Kier molecular flexibility index (Phi) is 2.65. The van der Waals surface area contributed by atoms with Gasteiger partial charge in [-0.25, -0.2) is 4.79 Å². The van der Waals surface area contributed by atoms with Crippen molar-refractivity contribution in [1.29, 1.82) is 0 Å². The summed E-state index contributed by atoms with van der Waals surface area (Å²) >= 11 is 0. The number of hydrogen-bond donors (Lipinski definition) is 1. The van der Waals surface area contributed by atoms with E-state index in [1.54, 1.807) is 13.0 Å². The fourth-order valence-corrected chi connectivity index (χ4v) is 1.09. The van der Waals surface area contributed by atoms with Crippen LogP contribution < -0.4 is 0 Å². The molecular formula is C8H12O3. The van der Waals surface area contributed by atoms with Gasteiger partial charge in [0, 0.05) is 18.9 Å². The Balaban J connectivity index is 2.37. The third kappa shape index (κ3) is 2.72. The number of aliphatic hydroxyl groups excluding tert-OH is 1. The van der Waals surface area contributed by atoms with Gasteiger partial charge in [0.15, 0.2) is 0 Å². The standard InChI is InChI=1S/C8H12O3/c1-6(9)5-7-3-2-4-8(10)11-7/h2,4,6-7,9H,3,5H2,1H3/t6-,7+/m0/s1. The summed E-state index contributed by atoms with van der Waals surface area (Å²) in [6, 6.07) is 0. The molecular weight excluding hydrogens is 144 g/mol. The Labute approximate surface area is 65.7 Å². The van der Waals surface area contributed by atoms with Gasteiger partial charge in [-0.1, -0.05) is 6.08 Å². The molecule has 0 amide bonds. The summed E-state index contributed by atoms with van der Waals surface area (Å²) < 4.78 is 4.91. The van der Waals surface area contributed by atoms with Crippen molar-refractivity contribution < 1.29 is 14.6 Å². The molecule has 1 aliphatic heterocycles. The van der Waals surface area contributed by atoms with Crippen LogP contribution in [0.25, 0.3) is 0 Å². The van der Waals surface area contributed by atoms with Gasteiger partial charge in [-0.2, -0.15) is 0 Å². The lowest BCUT2D eigenvalue weighted by Gasteiger charge is -2.19. The minimum Gasteiger partial charge on any atom is -0.459 e. The number of aliphatic hydroxyl groups is 1. The second kappa shape index (κ2) is 3.53. The molecule has 0 fully saturated rings. The SMILES string of the molecule is C[C@H](O)C[C@H]1CC=CC(=O)O1. The van der Waals surface area contributed by atoms with Crippen LogP contribution >= 0.6 is 0 Å². The first kappa shape index (κ1) is 8.27. The van der Waals surface area contributed by atoms with E-state index in [9.17, 15) is 4.79 Å². The number of cyclic esters (lactones) is 1. The van der Waals surface area contributed by atoms with E-state index in [2.05, 4.69) is 0 Å². The van der Waals surface area contributed by atoms with Gasteiger partial charge in [0.05, 0.1) is 6.10 Å². The zero-order valence-electron chi connectivity index (χ0n) is 6.49. The molecule has 3 nitrogen and oxygen atoms in total. The van der Waals surface area contributed by atoms with Gasteiger partial charge in [0.2, 0.25) is 0 Å². The predicted molar refractivity (Wildman–Crippen MR) is 39.9 cm³/mol. The number of carbonyl (C=O) groups is 1. The summed E-state index contributed by atoms with van der Waals surface area (Å²) in [5, 5.41) is 8.98. The van der Waals surface area contributed by atoms with E-state index in [-0.39, 0.29) is 12.1 Å². The molecule has 2 atom stereocenters. The lowest BCUT2D eigenvalue weighted by Crippen LogP contribution is -2.23. The highest BCUT2D eigenvalue weighted by Gasteiger charge is 2.17. The minimum atomic E-state index is -0.403. The molecule has 1 heterocycles. The van der Waals surface area contributed by atoms with Gasteiger partial charge >= 0.3 is 5.97 Å². The largest absolute Gasteiger partial charge is 0.459 e. The quantitative estimate of drug-likeness (QED) is 0.596. The molecule has 0 aliphatic carbocycles. The molecule has 1 aliphatic rings. The van der Waals surface area contributed by atoms with Crippen LogP contribution in [0.1, 0.15) is 19.8 Å². The highest BCUT2D eigenvalue weighted by molar-refractivity contribution is 5.82. The summed E-state index contributed by atoms with van der Waals surface area (Å²) in [6.07, 6.45) is 3.90. The summed E-state index contributed by atoms with van der Waals surface area (Å²) in [7, 11) is 0. The van der Waals surface area contributed by atoms with Crippen molar-refractivity contribution in [2.24, 2.45) is 0 Å². The van der Waals surface area contributed by atoms with Crippen molar-refractivity contribution >= 4 is 5.97 Å². The molecule has 0 aromatic rings. The van der Waals surface area contributed by atoms with Crippen LogP contribution in [0.4, 0.5) is 0 Å². The van der Waals surface area contributed by atoms with Gasteiger partial charge < -0.3 is 9.84 Å². The highest BCUT2D eigenvalue weighted by atomic mass is 16.5. The molecule has 0 aromatic carbocycles. The van der Waals surface area contributed by atoms with Gasteiger partial charge in [-0.3, -0.25) is 0 Å². The van der Waals surface area contributed by atoms with Crippen LogP contribution in [-0.2, 0) is 9.53 Å². The van der Waals surface area contributed by atoms with Crippen LogP contribution in [0, 0.1) is 0 Å². The maximum absolute atomic E-state index is 10.7. The topological polar surface area (TPSA) is 46.5 Å². The Bertz CT molecular complexity index is 172. The maximum Gasteiger partial charge on any atom is 0.330 e.